The molecule has 3 aromatic heterocycles. The number of hydrogen-bond donors (Lipinski definition) is 0. The van der Waals surface area contributed by atoms with Crippen molar-refractivity contribution < 1.29 is 4.79 Å². The van der Waals surface area contributed by atoms with Gasteiger partial charge in [-0.05, 0) is 32.9 Å². The highest BCUT2D eigenvalue weighted by atomic mass is 35.5. The number of pyridine rings is 1. The lowest BCUT2D eigenvalue weighted by Crippen LogP contribution is -2.36. The number of halogens is 1. The molecule has 3 heterocycles. The van der Waals surface area contributed by atoms with E-state index in [0.717, 1.165) is 16.4 Å². The molecule has 0 saturated carbocycles. The van der Waals surface area contributed by atoms with Crippen LogP contribution in [0.5, 0.6) is 0 Å². The van der Waals surface area contributed by atoms with Crippen molar-refractivity contribution >= 4 is 46.3 Å². The molecule has 0 radical (unpaired) electrons. The van der Waals surface area contributed by atoms with Gasteiger partial charge < -0.3 is 4.90 Å². The number of aromatic nitrogens is 4. The van der Waals surface area contributed by atoms with Crippen LogP contribution < -0.4 is 4.90 Å². The topological polar surface area (TPSA) is 63.9 Å². The summed E-state index contributed by atoms with van der Waals surface area (Å²) in [6.45, 7) is 6.33. The molecule has 3 aromatic rings. The molecular weight excluding hydrogens is 402 g/mol. The molecule has 0 N–H and O–H groups in total. The van der Waals surface area contributed by atoms with Crippen LogP contribution in [0.3, 0.4) is 0 Å². The Bertz CT molecular complexity index is 912. The van der Waals surface area contributed by atoms with E-state index in [4.69, 9.17) is 11.6 Å². The summed E-state index contributed by atoms with van der Waals surface area (Å²) < 4.78 is 1.64. The third-order valence-corrected chi connectivity index (χ3v) is 6.19. The number of amides is 1. The van der Waals surface area contributed by atoms with Gasteiger partial charge in [0.1, 0.15) is 5.69 Å². The number of thioether (sulfide) groups is 1. The molecule has 0 aliphatic heterocycles. The van der Waals surface area contributed by atoms with Gasteiger partial charge in [-0.15, -0.1) is 23.1 Å². The van der Waals surface area contributed by atoms with Gasteiger partial charge in [-0.2, -0.15) is 5.10 Å². The zero-order valence-electron chi connectivity index (χ0n) is 15.3. The lowest BCUT2D eigenvalue weighted by atomic mass is 10.3. The maximum Gasteiger partial charge on any atom is 0.239 e. The largest absolute Gasteiger partial charge is 0.308 e. The van der Waals surface area contributed by atoms with Crippen molar-refractivity contribution in [3.63, 3.8) is 0 Å². The van der Waals surface area contributed by atoms with E-state index in [9.17, 15) is 4.79 Å². The molecule has 0 spiro atoms. The van der Waals surface area contributed by atoms with Crippen molar-refractivity contribution in [3.05, 3.63) is 52.0 Å². The van der Waals surface area contributed by atoms with Gasteiger partial charge in [0.05, 0.1) is 34.0 Å². The van der Waals surface area contributed by atoms with Crippen LogP contribution in [-0.2, 0) is 10.5 Å². The maximum absolute atomic E-state index is 13.0. The van der Waals surface area contributed by atoms with Crippen LogP contribution in [-0.4, -0.2) is 37.5 Å². The fourth-order valence-electron chi connectivity index (χ4n) is 2.57. The lowest BCUT2D eigenvalue weighted by Gasteiger charge is -2.23. The number of rotatable bonds is 7. The first kappa shape index (κ1) is 19.9. The molecule has 9 heteroatoms. The SMILES string of the molecule is CCN(C(=O)C(C)SCc1csc(C)n1)c1cn(-c2cccnc2)nc1Cl. The summed E-state index contributed by atoms with van der Waals surface area (Å²) in [5.41, 5.74) is 2.40. The van der Waals surface area contributed by atoms with Gasteiger partial charge in [0.2, 0.25) is 5.91 Å². The van der Waals surface area contributed by atoms with Gasteiger partial charge in [0, 0.05) is 23.9 Å². The Kier molecular flexibility index (Phi) is 6.51. The summed E-state index contributed by atoms with van der Waals surface area (Å²) in [6, 6.07) is 3.71. The number of carbonyl (C=O) groups excluding carboxylic acids is 1. The molecule has 0 fully saturated rings. The molecule has 3 rings (SSSR count). The predicted octanol–water partition coefficient (Wildman–Crippen LogP) is 4.36. The normalized spacial score (nSPS) is 12.1. The second-order valence-corrected chi connectivity index (χ2v) is 8.60. The third-order valence-electron chi connectivity index (χ3n) is 3.93. The minimum atomic E-state index is -0.218. The fourth-order valence-corrected chi connectivity index (χ4v) is 4.36. The average molecular weight is 422 g/mol. The highest BCUT2D eigenvalue weighted by Gasteiger charge is 2.25. The Morgan fingerprint density at radius 1 is 1.48 bits per heavy atom. The molecule has 0 saturated heterocycles. The molecule has 1 unspecified atom stereocenters. The van der Waals surface area contributed by atoms with Gasteiger partial charge in [0.25, 0.3) is 0 Å². The van der Waals surface area contributed by atoms with Crippen LogP contribution in [0.25, 0.3) is 5.69 Å². The summed E-state index contributed by atoms with van der Waals surface area (Å²) in [4.78, 5) is 23.2. The third kappa shape index (κ3) is 4.69. The zero-order chi connectivity index (χ0) is 19.4. The Morgan fingerprint density at radius 3 is 2.93 bits per heavy atom. The predicted molar refractivity (Wildman–Crippen MR) is 112 cm³/mol. The summed E-state index contributed by atoms with van der Waals surface area (Å²) >= 11 is 9.52. The number of carbonyl (C=O) groups is 1. The fraction of sp³-hybridized carbons (Fsp3) is 0.333. The molecule has 0 aromatic carbocycles. The van der Waals surface area contributed by atoms with Crippen molar-refractivity contribution in [1.82, 2.24) is 19.7 Å². The van der Waals surface area contributed by atoms with Gasteiger partial charge >= 0.3 is 0 Å². The molecule has 27 heavy (non-hydrogen) atoms. The van der Waals surface area contributed by atoms with Crippen molar-refractivity contribution in [2.75, 3.05) is 11.4 Å². The molecular formula is C18H20ClN5OS2. The number of thiazole rings is 1. The molecule has 6 nitrogen and oxygen atoms in total. The Labute approximate surface area is 171 Å². The van der Waals surface area contributed by atoms with Crippen LogP contribution in [0.2, 0.25) is 5.15 Å². The first-order valence-electron chi connectivity index (χ1n) is 8.49. The molecule has 0 aliphatic carbocycles. The molecule has 0 bridgehead atoms. The van der Waals surface area contributed by atoms with E-state index in [1.807, 2.05) is 38.3 Å². The van der Waals surface area contributed by atoms with Crippen LogP contribution in [0.4, 0.5) is 5.69 Å². The number of aryl methyl sites for hydroxylation is 1. The standard InChI is InChI=1S/C18H20ClN5OS2/c1-4-23(18(25)12(2)26-10-14-11-27-13(3)21-14)16-9-24(22-17(16)19)15-6-5-7-20-8-15/h5-9,11-12H,4,10H2,1-3H3. The Morgan fingerprint density at radius 2 is 2.30 bits per heavy atom. The van der Waals surface area contributed by atoms with Crippen molar-refractivity contribution in [3.8, 4) is 5.69 Å². The minimum absolute atomic E-state index is 0.00193. The lowest BCUT2D eigenvalue weighted by molar-refractivity contribution is -0.117. The van der Waals surface area contributed by atoms with Gasteiger partial charge in [-0.3, -0.25) is 9.78 Å². The summed E-state index contributed by atoms with van der Waals surface area (Å²) in [6.07, 6.45) is 5.15. The van der Waals surface area contributed by atoms with Crippen LogP contribution in [0.1, 0.15) is 24.5 Å². The van der Waals surface area contributed by atoms with E-state index in [2.05, 4.69) is 15.1 Å². The molecule has 142 valence electrons. The molecule has 1 atom stereocenters. The number of anilines is 1. The van der Waals surface area contributed by atoms with Gasteiger partial charge in [0.15, 0.2) is 5.15 Å². The average Bonchev–Trinajstić information content (AvgIpc) is 3.27. The Hall–Kier alpha value is -1.90. The van der Waals surface area contributed by atoms with E-state index in [0.29, 0.717) is 23.1 Å². The van der Waals surface area contributed by atoms with Gasteiger partial charge in [-0.1, -0.05) is 11.6 Å². The molecule has 0 aliphatic rings. The van der Waals surface area contributed by atoms with E-state index < -0.39 is 0 Å². The van der Waals surface area contributed by atoms with Crippen LogP contribution >= 0.6 is 34.7 Å². The van der Waals surface area contributed by atoms with E-state index >= 15 is 0 Å². The smallest absolute Gasteiger partial charge is 0.239 e. The first-order chi connectivity index (χ1) is 13.0. The van der Waals surface area contributed by atoms with Crippen LogP contribution in [0.15, 0.2) is 36.1 Å². The van der Waals surface area contributed by atoms with E-state index in [1.54, 1.807) is 51.3 Å². The molecule has 1 amide bonds. The summed E-state index contributed by atoms with van der Waals surface area (Å²) in [7, 11) is 0. The van der Waals surface area contributed by atoms with Crippen LogP contribution in [0, 0.1) is 6.92 Å². The highest BCUT2D eigenvalue weighted by Crippen LogP contribution is 2.29. The van der Waals surface area contributed by atoms with E-state index in [-0.39, 0.29) is 11.2 Å². The van der Waals surface area contributed by atoms with E-state index in [1.165, 1.54) is 0 Å². The minimum Gasteiger partial charge on any atom is -0.308 e. The van der Waals surface area contributed by atoms with Crippen molar-refractivity contribution in [2.45, 2.75) is 31.8 Å². The zero-order valence-corrected chi connectivity index (χ0v) is 17.7. The van der Waals surface area contributed by atoms with Gasteiger partial charge in [-0.25, -0.2) is 9.67 Å². The number of nitrogens with zero attached hydrogens (tertiary/aromatic N) is 5. The summed E-state index contributed by atoms with van der Waals surface area (Å²) in [5, 5.41) is 7.47. The second kappa shape index (κ2) is 8.86. The quantitative estimate of drug-likeness (QED) is 0.567. The number of hydrogen-bond acceptors (Lipinski definition) is 6. The first-order valence-corrected chi connectivity index (χ1v) is 10.8. The van der Waals surface area contributed by atoms with Crippen molar-refractivity contribution in [1.29, 1.82) is 0 Å². The van der Waals surface area contributed by atoms with Crippen molar-refractivity contribution in [2.24, 2.45) is 0 Å². The monoisotopic (exact) mass is 421 g/mol. The summed E-state index contributed by atoms with van der Waals surface area (Å²) in [5.74, 6) is 0.708. The highest BCUT2D eigenvalue weighted by molar-refractivity contribution is 7.99. The second-order valence-electron chi connectivity index (χ2n) is 5.85. The maximum atomic E-state index is 13.0. The Balaban J connectivity index is 1.73.